The van der Waals surface area contributed by atoms with E-state index in [0.29, 0.717) is 41.0 Å². The number of rotatable bonds is 7. The third-order valence-corrected chi connectivity index (χ3v) is 6.63. The van der Waals surface area contributed by atoms with Crippen LogP contribution in [-0.2, 0) is 9.53 Å². The molecule has 0 spiro atoms. The Hall–Kier alpha value is -1.60. The highest BCUT2D eigenvalue weighted by Gasteiger charge is 2.35. The minimum atomic E-state index is -0.553. The van der Waals surface area contributed by atoms with E-state index in [-0.39, 0.29) is 23.9 Å². The van der Waals surface area contributed by atoms with Gasteiger partial charge in [-0.3, -0.25) is 9.59 Å². The fourth-order valence-corrected chi connectivity index (χ4v) is 5.00. The Morgan fingerprint density at radius 1 is 1.30 bits per heavy atom. The van der Waals surface area contributed by atoms with Crippen molar-refractivity contribution in [2.75, 3.05) is 25.2 Å². The Labute approximate surface area is 188 Å². The maximum atomic E-state index is 13.6. The van der Waals surface area contributed by atoms with E-state index in [1.165, 1.54) is 19.3 Å². The molecule has 1 aliphatic carbocycles. The zero-order chi connectivity index (χ0) is 21.8. The van der Waals surface area contributed by atoms with Crippen LogP contribution in [0.25, 0.3) is 0 Å². The van der Waals surface area contributed by atoms with E-state index < -0.39 is 6.10 Å². The molecule has 2 aliphatic rings. The van der Waals surface area contributed by atoms with Gasteiger partial charge in [-0.15, -0.1) is 0 Å². The van der Waals surface area contributed by atoms with Crippen LogP contribution in [0.15, 0.2) is 16.6 Å². The molecule has 1 heterocycles. The van der Waals surface area contributed by atoms with Gasteiger partial charge in [-0.25, -0.2) is 0 Å². The van der Waals surface area contributed by atoms with Gasteiger partial charge in [0.2, 0.25) is 0 Å². The number of hydrogen-bond acceptors (Lipinski definition) is 4. The number of fused-ring (bicyclic) bond motifs is 1. The summed E-state index contributed by atoms with van der Waals surface area (Å²) < 4.78 is 11.7. The summed E-state index contributed by atoms with van der Waals surface area (Å²) in [5.41, 5.74) is 1.24. The van der Waals surface area contributed by atoms with Crippen molar-refractivity contribution in [2.24, 2.45) is 0 Å². The molecule has 0 radical (unpaired) electrons. The fourth-order valence-electron chi connectivity index (χ4n) is 4.51. The van der Waals surface area contributed by atoms with Crippen LogP contribution >= 0.6 is 15.9 Å². The normalized spacial score (nSPS) is 19.6. The van der Waals surface area contributed by atoms with Crippen LogP contribution < -0.4 is 9.64 Å². The number of methoxy groups -OCH3 is 1. The van der Waals surface area contributed by atoms with Crippen LogP contribution in [0.1, 0.15) is 69.7 Å². The zero-order valence-electron chi connectivity index (χ0n) is 18.4. The van der Waals surface area contributed by atoms with E-state index in [9.17, 15) is 9.59 Å². The van der Waals surface area contributed by atoms with Crippen LogP contribution in [0.4, 0.5) is 5.69 Å². The van der Waals surface area contributed by atoms with Crippen molar-refractivity contribution in [1.82, 2.24) is 4.90 Å². The molecule has 2 amide bonds. The molecule has 0 unspecified atom stereocenters. The Bertz CT molecular complexity index is 777. The Morgan fingerprint density at radius 2 is 2.00 bits per heavy atom. The van der Waals surface area contributed by atoms with Crippen molar-refractivity contribution in [1.29, 1.82) is 0 Å². The minimum Gasteiger partial charge on any atom is -0.479 e. The zero-order valence-corrected chi connectivity index (χ0v) is 20.0. The summed E-state index contributed by atoms with van der Waals surface area (Å²) in [5.74, 6) is 0.540. The van der Waals surface area contributed by atoms with Gasteiger partial charge in [-0.05, 0) is 68.1 Å². The molecule has 1 aromatic carbocycles. The quantitative estimate of drug-likeness (QED) is 0.526. The van der Waals surface area contributed by atoms with E-state index in [4.69, 9.17) is 9.47 Å². The highest BCUT2D eigenvalue weighted by atomic mass is 79.9. The summed E-state index contributed by atoms with van der Waals surface area (Å²) >= 11 is 3.59. The largest absolute Gasteiger partial charge is 0.479 e. The summed E-state index contributed by atoms with van der Waals surface area (Å²) in [4.78, 5) is 30.2. The molecule has 0 bridgehead atoms. The summed E-state index contributed by atoms with van der Waals surface area (Å²) in [5, 5.41) is 0. The molecule has 0 N–H and O–H groups in total. The van der Waals surface area contributed by atoms with Gasteiger partial charge >= 0.3 is 0 Å². The second-order valence-electron chi connectivity index (χ2n) is 8.49. The average Bonchev–Trinajstić information content (AvgIpc) is 2.71. The van der Waals surface area contributed by atoms with Crippen LogP contribution in [0.5, 0.6) is 5.75 Å². The molecule has 1 aliphatic heterocycles. The molecular formula is C23H33BrN2O4. The van der Waals surface area contributed by atoms with E-state index in [2.05, 4.69) is 29.8 Å². The van der Waals surface area contributed by atoms with Gasteiger partial charge in [0.1, 0.15) is 5.75 Å². The molecule has 30 heavy (non-hydrogen) atoms. The second-order valence-corrected chi connectivity index (χ2v) is 9.35. The monoisotopic (exact) mass is 480 g/mol. The van der Waals surface area contributed by atoms with Crippen LogP contribution in [0.2, 0.25) is 0 Å². The van der Waals surface area contributed by atoms with Crippen molar-refractivity contribution in [3.63, 3.8) is 0 Å². The molecular weight excluding hydrogens is 448 g/mol. The highest BCUT2D eigenvalue weighted by molar-refractivity contribution is 9.10. The summed E-state index contributed by atoms with van der Waals surface area (Å²) in [6.07, 6.45) is 5.84. The predicted molar refractivity (Wildman–Crippen MR) is 121 cm³/mol. The van der Waals surface area contributed by atoms with Gasteiger partial charge < -0.3 is 19.3 Å². The number of hydrogen-bond donors (Lipinski definition) is 0. The van der Waals surface area contributed by atoms with Crippen LogP contribution in [0.3, 0.4) is 0 Å². The molecule has 1 fully saturated rings. The third kappa shape index (κ3) is 4.83. The smallest absolute Gasteiger partial charge is 0.267 e. The molecule has 7 heteroatoms. The van der Waals surface area contributed by atoms with E-state index in [0.717, 1.165) is 12.8 Å². The first kappa shape index (κ1) is 23.1. The van der Waals surface area contributed by atoms with Gasteiger partial charge in [0.05, 0.1) is 11.3 Å². The second kappa shape index (κ2) is 10.1. The topological polar surface area (TPSA) is 59.1 Å². The van der Waals surface area contributed by atoms with Crippen LogP contribution in [-0.4, -0.2) is 55.2 Å². The van der Waals surface area contributed by atoms with E-state index in [1.54, 1.807) is 18.9 Å². The van der Waals surface area contributed by atoms with Crippen molar-refractivity contribution < 1.29 is 19.1 Å². The fraction of sp³-hybridized carbons (Fsp3) is 0.652. The maximum absolute atomic E-state index is 13.6. The Morgan fingerprint density at radius 3 is 2.63 bits per heavy atom. The van der Waals surface area contributed by atoms with Gasteiger partial charge in [0, 0.05) is 36.8 Å². The minimum absolute atomic E-state index is 0.00878. The Balaban J connectivity index is 1.95. The number of carbonyl (C=O) groups excluding carboxylic acids is 2. The van der Waals surface area contributed by atoms with Gasteiger partial charge in [0.15, 0.2) is 6.10 Å². The van der Waals surface area contributed by atoms with Crippen molar-refractivity contribution in [3.05, 3.63) is 22.2 Å². The van der Waals surface area contributed by atoms with Gasteiger partial charge in [0.25, 0.3) is 11.8 Å². The first-order valence-corrected chi connectivity index (χ1v) is 11.8. The summed E-state index contributed by atoms with van der Waals surface area (Å²) in [6.45, 7) is 7.00. The SMILES string of the molecule is COCCCN1C(=O)[C@@H](C)Oc2cc(Br)c(C(=O)N(C(C)C)C3CCCCC3)cc21. The first-order valence-electron chi connectivity index (χ1n) is 11.0. The van der Waals surface area contributed by atoms with Crippen molar-refractivity contribution >= 4 is 33.4 Å². The standard InChI is InChI=1S/C23H33BrN2O4/c1-15(2)26(17-9-6-5-7-10-17)23(28)18-13-20-21(14-19(18)24)30-16(3)22(27)25(20)11-8-12-29-4/h13-17H,5-12H2,1-4H3/t16-/m1/s1. The molecule has 1 saturated carbocycles. The number of benzene rings is 1. The highest BCUT2D eigenvalue weighted by Crippen LogP contribution is 2.39. The number of amides is 2. The average molecular weight is 481 g/mol. The lowest BCUT2D eigenvalue weighted by Gasteiger charge is -2.38. The van der Waals surface area contributed by atoms with Crippen LogP contribution in [0, 0.1) is 0 Å². The number of ether oxygens (including phenoxy) is 2. The Kier molecular flexibility index (Phi) is 7.80. The third-order valence-electron chi connectivity index (χ3n) is 5.98. The summed E-state index contributed by atoms with van der Waals surface area (Å²) in [7, 11) is 1.65. The first-order chi connectivity index (χ1) is 14.3. The van der Waals surface area contributed by atoms with Crippen molar-refractivity contribution in [3.8, 4) is 5.75 Å². The van der Waals surface area contributed by atoms with E-state index >= 15 is 0 Å². The lowest BCUT2D eigenvalue weighted by Crippen LogP contribution is -2.47. The number of anilines is 1. The number of nitrogens with zero attached hydrogens (tertiary/aromatic N) is 2. The van der Waals surface area contributed by atoms with Crippen molar-refractivity contribution in [2.45, 2.75) is 77.5 Å². The van der Waals surface area contributed by atoms with Gasteiger partial charge in [-0.2, -0.15) is 0 Å². The number of halogens is 1. The molecule has 3 rings (SSSR count). The molecule has 1 atom stereocenters. The van der Waals surface area contributed by atoms with E-state index in [1.807, 2.05) is 17.0 Å². The maximum Gasteiger partial charge on any atom is 0.267 e. The molecule has 0 aromatic heterocycles. The molecule has 0 saturated heterocycles. The lowest BCUT2D eigenvalue weighted by atomic mass is 9.92. The molecule has 1 aromatic rings. The van der Waals surface area contributed by atoms with Gasteiger partial charge in [-0.1, -0.05) is 19.3 Å². The lowest BCUT2D eigenvalue weighted by molar-refractivity contribution is -0.125. The molecule has 166 valence electrons. The number of carbonyl (C=O) groups is 2. The summed E-state index contributed by atoms with van der Waals surface area (Å²) in [6, 6.07) is 4.02. The molecule has 6 nitrogen and oxygen atoms in total. The predicted octanol–water partition coefficient (Wildman–Crippen LogP) is 4.78.